The molecule has 0 bridgehead atoms. The van der Waals surface area contributed by atoms with Crippen molar-refractivity contribution in [3.63, 3.8) is 0 Å². The van der Waals surface area contributed by atoms with E-state index in [0.29, 0.717) is 24.3 Å². The number of benzene rings is 3. The summed E-state index contributed by atoms with van der Waals surface area (Å²) in [5, 5.41) is 10.5. The SMILES string of the molecule is COc1ccc(C(OC[C@@H]2C[C@@H](O)CN2C(=O)OCCCCCC(=O)C(F)(F)F)(c2ccccc2)c2ccc(OC)cc2)cc1. The third kappa shape index (κ3) is 8.34. The molecule has 0 radical (unpaired) electrons. The molecule has 3 aromatic carbocycles. The molecular weight excluding hydrogens is 591 g/mol. The first kappa shape index (κ1) is 33.8. The minimum atomic E-state index is -4.83. The van der Waals surface area contributed by atoms with Crippen molar-refractivity contribution in [1.29, 1.82) is 0 Å². The fourth-order valence-corrected chi connectivity index (χ4v) is 5.52. The number of unbranched alkanes of at least 4 members (excludes halogenated alkanes) is 2. The van der Waals surface area contributed by atoms with Crippen LogP contribution in [0.5, 0.6) is 11.5 Å². The van der Waals surface area contributed by atoms with Crippen LogP contribution in [-0.2, 0) is 19.9 Å². The van der Waals surface area contributed by atoms with E-state index in [0.717, 1.165) is 16.7 Å². The monoisotopic (exact) mass is 629 g/mol. The first-order valence-corrected chi connectivity index (χ1v) is 14.8. The number of likely N-dealkylation sites (tertiary alicyclic amines) is 1. The van der Waals surface area contributed by atoms with Crippen molar-refractivity contribution in [3.05, 3.63) is 95.6 Å². The maximum atomic E-state index is 13.1. The number of rotatable bonds is 14. The van der Waals surface area contributed by atoms with E-state index < -0.39 is 42.2 Å². The number of nitrogens with zero attached hydrogens (tertiary/aromatic N) is 1. The van der Waals surface area contributed by atoms with Crippen LogP contribution >= 0.6 is 0 Å². The van der Waals surface area contributed by atoms with E-state index in [4.69, 9.17) is 18.9 Å². The molecule has 4 rings (SSSR count). The second-order valence-corrected chi connectivity index (χ2v) is 10.9. The Morgan fingerprint density at radius 2 is 1.38 bits per heavy atom. The third-order valence-electron chi connectivity index (χ3n) is 7.88. The number of hydrogen-bond donors (Lipinski definition) is 1. The van der Waals surface area contributed by atoms with E-state index in [1.807, 2.05) is 78.9 Å². The Morgan fingerprint density at radius 1 is 0.822 bits per heavy atom. The highest BCUT2D eigenvalue weighted by Crippen LogP contribution is 2.42. The Morgan fingerprint density at radius 3 is 1.91 bits per heavy atom. The molecule has 1 saturated heterocycles. The molecule has 0 spiro atoms. The van der Waals surface area contributed by atoms with Crippen molar-refractivity contribution in [2.75, 3.05) is 34.0 Å². The Balaban J connectivity index is 1.53. The molecule has 1 heterocycles. The first-order valence-electron chi connectivity index (χ1n) is 14.8. The molecule has 242 valence electrons. The Bertz CT molecular complexity index is 1330. The second-order valence-electron chi connectivity index (χ2n) is 10.9. The molecule has 0 unspecified atom stereocenters. The topological polar surface area (TPSA) is 94.5 Å². The van der Waals surface area contributed by atoms with Crippen LogP contribution in [0.3, 0.4) is 0 Å². The van der Waals surface area contributed by atoms with Gasteiger partial charge in [0, 0.05) is 6.42 Å². The molecule has 0 aliphatic carbocycles. The summed E-state index contributed by atoms with van der Waals surface area (Å²) in [7, 11) is 3.18. The van der Waals surface area contributed by atoms with Crippen molar-refractivity contribution < 1.29 is 46.8 Å². The minimum absolute atomic E-state index is 0.0230. The van der Waals surface area contributed by atoms with E-state index in [1.165, 1.54) is 4.90 Å². The van der Waals surface area contributed by atoms with Crippen LogP contribution in [0.2, 0.25) is 0 Å². The maximum Gasteiger partial charge on any atom is 0.449 e. The fourth-order valence-electron chi connectivity index (χ4n) is 5.52. The summed E-state index contributed by atoms with van der Waals surface area (Å²) in [6.45, 7) is 0.0832. The lowest BCUT2D eigenvalue weighted by atomic mass is 9.80. The number of alkyl halides is 3. The van der Waals surface area contributed by atoms with Crippen LogP contribution in [0.25, 0.3) is 0 Å². The molecule has 8 nitrogen and oxygen atoms in total. The minimum Gasteiger partial charge on any atom is -0.497 e. The van der Waals surface area contributed by atoms with Crippen LogP contribution in [0.15, 0.2) is 78.9 Å². The van der Waals surface area contributed by atoms with Crippen LogP contribution in [-0.4, -0.2) is 74.2 Å². The number of carbonyl (C=O) groups is 2. The van der Waals surface area contributed by atoms with E-state index in [1.54, 1.807) is 14.2 Å². The van der Waals surface area contributed by atoms with Gasteiger partial charge in [0.05, 0.1) is 46.1 Å². The van der Waals surface area contributed by atoms with Crippen molar-refractivity contribution in [2.45, 2.75) is 56.0 Å². The van der Waals surface area contributed by atoms with Gasteiger partial charge in [-0.15, -0.1) is 0 Å². The predicted molar refractivity (Wildman–Crippen MR) is 160 cm³/mol. The summed E-state index contributed by atoms with van der Waals surface area (Å²) in [5.41, 5.74) is 1.36. The van der Waals surface area contributed by atoms with Crippen LogP contribution in [0, 0.1) is 0 Å². The summed E-state index contributed by atoms with van der Waals surface area (Å²) in [6, 6.07) is 24.3. The van der Waals surface area contributed by atoms with Gasteiger partial charge in [0.2, 0.25) is 5.78 Å². The summed E-state index contributed by atoms with van der Waals surface area (Å²) in [5.74, 6) is -0.408. The van der Waals surface area contributed by atoms with Gasteiger partial charge in [-0.05, 0) is 66.6 Å². The fraction of sp³-hybridized carbons (Fsp3) is 0.412. The highest BCUT2D eigenvalue weighted by atomic mass is 19.4. The summed E-state index contributed by atoms with van der Waals surface area (Å²) >= 11 is 0. The van der Waals surface area contributed by atoms with Crippen LogP contribution < -0.4 is 9.47 Å². The number of aliphatic hydroxyl groups is 1. The van der Waals surface area contributed by atoms with Crippen molar-refractivity contribution >= 4 is 11.9 Å². The van der Waals surface area contributed by atoms with E-state index in [9.17, 15) is 27.9 Å². The molecule has 11 heteroatoms. The number of ether oxygens (including phenoxy) is 4. The number of carbonyl (C=O) groups excluding carboxylic acids is 2. The largest absolute Gasteiger partial charge is 0.497 e. The number of β-amino-alcohol motifs (C(OH)–C–C–N with tert-alkyl or cyclic N) is 1. The molecule has 3 aromatic rings. The van der Waals surface area contributed by atoms with Gasteiger partial charge in [-0.25, -0.2) is 4.79 Å². The summed E-state index contributed by atoms with van der Waals surface area (Å²) in [6.07, 6.45) is -5.94. The molecule has 1 N–H and O–H groups in total. The number of Topliss-reactive ketones (excluding diaryl/α,β-unsaturated/α-hetero) is 1. The first-order chi connectivity index (χ1) is 21.6. The molecular formula is C34H38F3NO7. The zero-order valence-electron chi connectivity index (χ0n) is 25.3. The number of ketones is 1. The number of aliphatic hydroxyl groups excluding tert-OH is 1. The number of amides is 1. The highest BCUT2D eigenvalue weighted by Gasteiger charge is 2.42. The van der Waals surface area contributed by atoms with Crippen molar-refractivity contribution in [2.24, 2.45) is 0 Å². The summed E-state index contributed by atoms with van der Waals surface area (Å²) in [4.78, 5) is 25.5. The van der Waals surface area contributed by atoms with Gasteiger partial charge >= 0.3 is 12.3 Å². The van der Waals surface area contributed by atoms with Crippen LogP contribution in [0.1, 0.15) is 48.8 Å². The second kappa shape index (κ2) is 15.3. The average molecular weight is 630 g/mol. The Hall–Kier alpha value is -4.09. The molecule has 1 aliphatic heterocycles. The normalized spacial score (nSPS) is 16.8. The predicted octanol–water partition coefficient (Wildman–Crippen LogP) is 6.28. The molecule has 1 fully saturated rings. The third-order valence-corrected chi connectivity index (χ3v) is 7.88. The molecule has 1 amide bonds. The lowest BCUT2D eigenvalue weighted by Crippen LogP contribution is -2.42. The van der Waals surface area contributed by atoms with Gasteiger partial charge in [0.25, 0.3) is 0 Å². The van der Waals surface area contributed by atoms with Crippen LogP contribution in [0.4, 0.5) is 18.0 Å². The van der Waals surface area contributed by atoms with E-state index in [-0.39, 0.29) is 32.6 Å². The van der Waals surface area contributed by atoms with Gasteiger partial charge in [-0.3, -0.25) is 4.79 Å². The zero-order chi connectivity index (χ0) is 32.5. The van der Waals surface area contributed by atoms with Gasteiger partial charge in [-0.1, -0.05) is 54.6 Å². The average Bonchev–Trinajstić information content (AvgIpc) is 3.43. The van der Waals surface area contributed by atoms with E-state index in [2.05, 4.69) is 0 Å². The smallest absolute Gasteiger partial charge is 0.449 e. The standard InChI is InChI=1S/C34H38F3NO7/c1-42-29-16-12-25(13-17-29)33(24-9-5-3-6-10-24,26-14-18-30(43-2)19-15-26)45-23-27-21-28(39)22-38(27)32(41)44-20-8-4-7-11-31(40)34(35,36)37/h3,5-6,9-10,12-19,27-28,39H,4,7-8,11,20-23H2,1-2H3/t27-,28+/m0/s1. The van der Waals surface area contributed by atoms with Gasteiger partial charge in [0.15, 0.2) is 0 Å². The van der Waals surface area contributed by atoms with Gasteiger partial charge < -0.3 is 29.0 Å². The maximum absolute atomic E-state index is 13.1. The lowest BCUT2D eigenvalue weighted by molar-refractivity contribution is -0.171. The zero-order valence-corrected chi connectivity index (χ0v) is 25.3. The molecule has 1 aliphatic rings. The van der Waals surface area contributed by atoms with Gasteiger partial charge in [0.1, 0.15) is 17.1 Å². The number of methoxy groups -OCH3 is 2. The quantitative estimate of drug-likeness (QED) is 0.166. The summed E-state index contributed by atoms with van der Waals surface area (Å²) < 4.78 is 60.3. The van der Waals surface area contributed by atoms with Gasteiger partial charge in [-0.2, -0.15) is 13.2 Å². The highest BCUT2D eigenvalue weighted by molar-refractivity contribution is 5.83. The molecule has 2 atom stereocenters. The van der Waals surface area contributed by atoms with E-state index >= 15 is 0 Å². The molecule has 45 heavy (non-hydrogen) atoms. The molecule has 0 saturated carbocycles. The lowest BCUT2D eigenvalue weighted by Gasteiger charge is -2.37. The Kier molecular flexibility index (Phi) is 11.5. The number of hydrogen-bond acceptors (Lipinski definition) is 7. The number of halogens is 3. The molecule has 0 aromatic heterocycles. The van der Waals surface area contributed by atoms with Crippen molar-refractivity contribution in [1.82, 2.24) is 4.90 Å². The van der Waals surface area contributed by atoms with Crippen molar-refractivity contribution in [3.8, 4) is 11.5 Å². The Labute approximate surface area is 260 Å².